The van der Waals surface area contributed by atoms with Gasteiger partial charge in [0.2, 0.25) is 0 Å². The molecule has 0 bridgehead atoms. The van der Waals surface area contributed by atoms with Crippen molar-refractivity contribution in [2.24, 2.45) is 0 Å². The lowest BCUT2D eigenvalue weighted by Crippen LogP contribution is -2.01. The maximum atomic E-state index is 2.40. The second kappa shape index (κ2) is 6.49. The Hall–Kier alpha value is -2.60. The number of hydrogen-bond donors (Lipinski definition) is 0. The van der Waals surface area contributed by atoms with E-state index in [0.717, 1.165) is 0 Å². The molecule has 1 atom stereocenters. The minimum Gasteiger partial charge on any atom is -0.0651 e. The minimum atomic E-state index is 0.422. The van der Waals surface area contributed by atoms with Crippen molar-refractivity contribution in [2.45, 2.75) is 25.7 Å². The van der Waals surface area contributed by atoms with E-state index in [1.54, 1.807) is 5.57 Å². The maximum Gasteiger partial charge on any atom is 0.0308 e. The number of allylic oxidation sites excluding steroid dienone is 1. The van der Waals surface area contributed by atoms with E-state index < -0.39 is 0 Å². The molecule has 0 radical (unpaired) electrons. The van der Waals surface area contributed by atoms with E-state index in [0.29, 0.717) is 5.92 Å². The quantitative estimate of drug-likeness (QED) is 0.504. The molecule has 0 N–H and O–H groups in total. The van der Waals surface area contributed by atoms with Crippen LogP contribution >= 0.6 is 0 Å². The normalized spacial score (nSPS) is 15.9. The Kier molecular flexibility index (Phi) is 4.04. The van der Waals surface area contributed by atoms with Crippen LogP contribution in [0.25, 0.3) is 17.2 Å². The number of benzene rings is 3. The molecule has 1 unspecified atom stereocenters. The Morgan fingerprint density at radius 1 is 0.708 bits per heavy atom. The Labute approximate surface area is 144 Å². The van der Waals surface area contributed by atoms with Gasteiger partial charge in [-0.1, -0.05) is 104 Å². The molecule has 0 spiro atoms. The van der Waals surface area contributed by atoms with Gasteiger partial charge in [0.15, 0.2) is 0 Å². The molecule has 24 heavy (non-hydrogen) atoms. The number of fused-ring (bicyclic) bond motifs is 1. The lowest BCUT2D eigenvalue weighted by atomic mass is 9.86. The minimum absolute atomic E-state index is 0.422. The Bertz CT molecular complexity index is 854. The van der Waals surface area contributed by atoms with Gasteiger partial charge in [0.1, 0.15) is 0 Å². The standard InChI is InChI=1S/C24H22/c1-2-8-22-17-21-11-6-7-12-23(21)24(22)20-15-13-19(14-16-20)18-9-4-3-5-10-18/h3-7,9-17,24H,2,8H2,1H3. The van der Waals surface area contributed by atoms with Gasteiger partial charge in [0.25, 0.3) is 0 Å². The average molecular weight is 310 g/mol. The number of rotatable bonds is 4. The van der Waals surface area contributed by atoms with Crippen LogP contribution in [-0.2, 0) is 0 Å². The van der Waals surface area contributed by atoms with E-state index in [9.17, 15) is 0 Å². The van der Waals surface area contributed by atoms with Crippen LogP contribution in [0.5, 0.6) is 0 Å². The highest BCUT2D eigenvalue weighted by Gasteiger charge is 2.25. The Morgan fingerprint density at radius 2 is 1.38 bits per heavy atom. The van der Waals surface area contributed by atoms with Crippen molar-refractivity contribution in [3.8, 4) is 11.1 Å². The first-order chi connectivity index (χ1) is 11.9. The van der Waals surface area contributed by atoms with Gasteiger partial charge in [0, 0.05) is 5.92 Å². The molecule has 1 aliphatic rings. The molecule has 0 nitrogen and oxygen atoms in total. The second-order valence-corrected chi connectivity index (χ2v) is 6.52. The van der Waals surface area contributed by atoms with Gasteiger partial charge < -0.3 is 0 Å². The molecule has 1 aliphatic carbocycles. The summed E-state index contributed by atoms with van der Waals surface area (Å²) < 4.78 is 0. The number of hydrogen-bond acceptors (Lipinski definition) is 0. The van der Waals surface area contributed by atoms with E-state index in [4.69, 9.17) is 0 Å². The maximum absolute atomic E-state index is 2.40. The molecular weight excluding hydrogens is 288 g/mol. The van der Waals surface area contributed by atoms with Gasteiger partial charge in [0.05, 0.1) is 0 Å². The predicted molar refractivity (Wildman–Crippen MR) is 103 cm³/mol. The van der Waals surface area contributed by atoms with Crippen molar-refractivity contribution in [3.63, 3.8) is 0 Å². The highest BCUT2D eigenvalue weighted by atomic mass is 14.3. The van der Waals surface area contributed by atoms with Gasteiger partial charge in [-0.3, -0.25) is 0 Å². The van der Waals surface area contributed by atoms with E-state index in [2.05, 4.69) is 91.9 Å². The fraction of sp³-hybridized carbons (Fsp3) is 0.167. The van der Waals surface area contributed by atoms with Gasteiger partial charge in [-0.2, -0.15) is 0 Å². The molecule has 118 valence electrons. The van der Waals surface area contributed by atoms with Crippen LogP contribution in [0.15, 0.2) is 84.4 Å². The van der Waals surface area contributed by atoms with Crippen molar-refractivity contribution < 1.29 is 0 Å². The Balaban J connectivity index is 1.71. The topological polar surface area (TPSA) is 0 Å². The summed E-state index contributed by atoms with van der Waals surface area (Å²) in [5.41, 5.74) is 8.35. The van der Waals surface area contributed by atoms with Crippen LogP contribution < -0.4 is 0 Å². The van der Waals surface area contributed by atoms with Crippen molar-refractivity contribution in [2.75, 3.05) is 0 Å². The summed E-state index contributed by atoms with van der Waals surface area (Å²) in [6.45, 7) is 2.26. The van der Waals surface area contributed by atoms with Gasteiger partial charge >= 0.3 is 0 Å². The summed E-state index contributed by atoms with van der Waals surface area (Å²) in [6.07, 6.45) is 4.76. The fourth-order valence-electron chi connectivity index (χ4n) is 3.79. The van der Waals surface area contributed by atoms with Crippen LogP contribution in [0.2, 0.25) is 0 Å². The van der Waals surface area contributed by atoms with Gasteiger partial charge in [-0.05, 0) is 34.2 Å². The summed E-state index contributed by atoms with van der Waals surface area (Å²) in [4.78, 5) is 0. The lowest BCUT2D eigenvalue weighted by Gasteiger charge is -2.18. The molecule has 0 aromatic heterocycles. The molecule has 3 aromatic carbocycles. The fourth-order valence-corrected chi connectivity index (χ4v) is 3.79. The second-order valence-electron chi connectivity index (χ2n) is 6.52. The van der Waals surface area contributed by atoms with E-state index >= 15 is 0 Å². The molecule has 4 rings (SSSR count). The summed E-state index contributed by atoms with van der Waals surface area (Å²) in [5.74, 6) is 0.422. The first-order valence-electron chi connectivity index (χ1n) is 8.81. The first kappa shape index (κ1) is 15.0. The zero-order valence-corrected chi connectivity index (χ0v) is 14.1. The third kappa shape index (κ3) is 2.69. The SMILES string of the molecule is CCCC1=Cc2ccccc2C1c1ccc(-c2ccccc2)cc1. The van der Waals surface area contributed by atoms with Crippen molar-refractivity contribution >= 4 is 6.08 Å². The zero-order chi connectivity index (χ0) is 16.4. The summed E-state index contributed by atoms with van der Waals surface area (Å²) in [7, 11) is 0. The van der Waals surface area contributed by atoms with Crippen LogP contribution in [-0.4, -0.2) is 0 Å². The highest BCUT2D eigenvalue weighted by Crippen LogP contribution is 2.43. The van der Waals surface area contributed by atoms with Crippen LogP contribution in [0.1, 0.15) is 42.4 Å². The van der Waals surface area contributed by atoms with Gasteiger partial charge in [-0.25, -0.2) is 0 Å². The monoisotopic (exact) mass is 310 g/mol. The van der Waals surface area contributed by atoms with E-state index in [1.165, 1.54) is 40.7 Å². The zero-order valence-electron chi connectivity index (χ0n) is 14.1. The molecular formula is C24H22. The van der Waals surface area contributed by atoms with Crippen LogP contribution in [0.3, 0.4) is 0 Å². The summed E-state index contributed by atoms with van der Waals surface area (Å²) in [5, 5.41) is 0. The first-order valence-corrected chi connectivity index (χ1v) is 8.81. The van der Waals surface area contributed by atoms with Crippen molar-refractivity contribution in [1.29, 1.82) is 0 Å². The molecule has 0 amide bonds. The smallest absolute Gasteiger partial charge is 0.0308 e. The molecule has 0 aliphatic heterocycles. The molecule has 0 fully saturated rings. The van der Waals surface area contributed by atoms with Gasteiger partial charge in [-0.15, -0.1) is 0 Å². The van der Waals surface area contributed by atoms with Crippen LogP contribution in [0, 0.1) is 0 Å². The molecule has 0 heteroatoms. The lowest BCUT2D eigenvalue weighted by molar-refractivity contribution is 0.830. The molecule has 0 heterocycles. The summed E-state index contributed by atoms with van der Waals surface area (Å²) >= 11 is 0. The third-order valence-corrected chi connectivity index (χ3v) is 4.91. The molecule has 0 saturated carbocycles. The predicted octanol–water partition coefficient (Wildman–Crippen LogP) is 6.68. The molecule has 0 saturated heterocycles. The highest BCUT2D eigenvalue weighted by molar-refractivity contribution is 5.70. The average Bonchev–Trinajstić information content (AvgIpc) is 3.01. The Morgan fingerprint density at radius 3 is 2.12 bits per heavy atom. The van der Waals surface area contributed by atoms with Crippen LogP contribution in [0.4, 0.5) is 0 Å². The summed E-state index contributed by atoms with van der Waals surface area (Å²) in [6, 6.07) is 28.5. The van der Waals surface area contributed by atoms with Crippen molar-refractivity contribution in [3.05, 3.63) is 101 Å². The molecule has 3 aromatic rings. The van der Waals surface area contributed by atoms with E-state index in [-0.39, 0.29) is 0 Å². The third-order valence-electron chi connectivity index (χ3n) is 4.91. The largest absolute Gasteiger partial charge is 0.0651 e. The van der Waals surface area contributed by atoms with E-state index in [1.807, 2.05) is 0 Å². The van der Waals surface area contributed by atoms with Crippen molar-refractivity contribution in [1.82, 2.24) is 0 Å².